The number of nitrogens with zero attached hydrogens (tertiary/aromatic N) is 2. The lowest BCUT2D eigenvalue weighted by Crippen LogP contribution is -2.24. The van der Waals surface area contributed by atoms with Crippen molar-refractivity contribution in [2.75, 3.05) is 6.61 Å². The van der Waals surface area contributed by atoms with Gasteiger partial charge in [0.2, 0.25) is 0 Å². The Labute approximate surface area is 141 Å². The number of amides is 1. The number of ether oxygens (including phenoxy) is 1. The summed E-state index contributed by atoms with van der Waals surface area (Å²) < 4.78 is 5.33. The van der Waals surface area contributed by atoms with Gasteiger partial charge >= 0.3 is 0 Å². The van der Waals surface area contributed by atoms with Gasteiger partial charge in [0.05, 0.1) is 11.8 Å². The van der Waals surface area contributed by atoms with Crippen LogP contribution in [0.3, 0.4) is 0 Å². The standard InChI is InChI=1S/C19H19N3O2/c1-14(2)16-9-7-15(8-10-16)12-21-22-19(23)13-24-18-6-4-3-5-17(18)11-20/h3-10,12,14H,13H2,1-2H3,(H,22,23)/b21-12-. The molecule has 1 N–H and O–H groups in total. The molecule has 0 unspecified atom stereocenters. The van der Waals surface area contributed by atoms with Gasteiger partial charge in [0.1, 0.15) is 11.8 Å². The summed E-state index contributed by atoms with van der Waals surface area (Å²) in [5, 5.41) is 12.9. The SMILES string of the molecule is CC(C)c1ccc(/C=N\NC(=O)COc2ccccc2C#N)cc1. The lowest BCUT2D eigenvalue weighted by molar-refractivity contribution is -0.123. The van der Waals surface area contributed by atoms with Gasteiger partial charge in [-0.05, 0) is 29.2 Å². The molecule has 2 aromatic carbocycles. The van der Waals surface area contributed by atoms with Crippen molar-refractivity contribution in [1.29, 1.82) is 5.26 Å². The first-order valence-electron chi connectivity index (χ1n) is 7.64. The van der Waals surface area contributed by atoms with Crippen LogP contribution in [0, 0.1) is 11.3 Å². The van der Waals surface area contributed by atoms with E-state index in [0.717, 1.165) is 5.56 Å². The van der Waals surface area contributed by atoms with Gasteiger partial charge in [0.25, 0.3) is 5.91 Å². The van der Waals surface area contributed by atoms with Crippen LogP contribution < -0.4 is 10.2 Å². The summed E-state index contributed by atoms with van der Waals surface area (Å²) in [6.45, 7) is 4.06. The van der Waals surface area contributed by atoms with Crippen LogP contribution in [-0.4, -0.2) is 18.7 Å². The van der Waals surface area contributed by atoms with Crippen LogP contribution in [0.2, 0.25) is 0 Å². The van der Waals surface area contributed by atoms with E-state index in [0.29, 0.717) is 17.2 Å². The van der Waals surface area contributed by atoms with Crippen LogP contribution >= 0.6 is 0 Å². The molecule has 0 spiro atoms. The van der Waals surface area contributed by atoms with E-state index in [2.05, 4.69) is 24.4 Å². The number of carbonyl (C=O) groups excluding carboxylic acids is 1. The molecule has 5 heteroatoms. The van der Waals surface area contributed by atoms with E-state index >= 15 is 0 Å². The van der Waals surface area contributed by atoms with Crippen molar-refractivity contribution < 1.29 is 9.53 Å². The molecule has 0 aromatic heterocycles. The Bertz CT molecular complexity index is 759. The number of hydrogen-bond donors (Lipinski definition) is 1. The lowest BCUT2D eigenvalue weighted by atomic mass is 10.0. The number of hydrazone groups is 1. The molecule has 2 rings (SSSR count). The highest BCUT2D eigenvalue weighted by Gasteiger charge is 2.05. The predicted octanol–water partition coefficient (Wildman–Crippen LogP) is 3.21. The molecule has 5 nitrogen and oxygen atoms in total. The van der Waals surface area contributed by atoms with Crippen molar-refractivity contribution in [1.82, 2.24) is 5.43 Å². The van der Waals surface area contributed by atoms with Crippen molar-refractivity contribution >= 4 is 12.1 Å². The van der Waals surface area contributed by atoms with Crippen molar-refractivity contribution in [3.05, 3.63) is 65.2 Å². The van der Waals surface area contributed by atoms with Crippen molar-refractivity contribution in [3.63, 3.8) is 0 Å². The molecule has 0 aliphatic rings. The largest absolute Gasteiger partial charge is 0.482 e. The molecule has 0 radical (unpaired) electrons. The Morgan fingerprint density at radius 3 is 2.62 bits per heavy atom. The van der Waals surface area contributed by atoms with E-state index < -0.39 is 5.91 Å². The summed E-state index contributed by atoms with van der Waals surface area (Å²) in [5.41, 5.74) is 4.94. The van der Waals surface area contributed by atoms with Gasteiger partial charge in [-0.25, -0.2) is 5.43 Å². The highest BCUT2D eigenvalue weighted by atomic mass is 16.5. The smallest absolute Gasteiger partial charge is 0.277 e. The topological polar surface area (TPSA) is 74.5 Å². The molecular formula is C19H19N3O2. The molecule has 0 heterocycles. The molecule has 122 valence electrons. The highest BCUT2D eigenvalue weighted by Crippen LogP contribution is 2.16. The normalized spacial score (nSPS) is 10.6. The van der Waals surface area contributed by atoms with Gasteiger partial charge in [0.15, 0.2) is 6.61 Å². The third kappa shape index (κ3) is 4.96. The zero-order valence-electron chi connectivity index (χ0n) is 13.7. The van der Waals surface area contributed by atoms with Crippen molar-refractivity contribution in [2.45, 2.75) is 19.8 Å². The van der Waals surface area contributed by atoms with Crippen LogP contribution in [0.1, 0.15) is 36.5 Å². The lowest BCUT2D eigenvalue weighted by Gasteiger charge is -2.06. The van der Waals surface area contributed by atoms with E-state index in [1.807, 2.05) is 30.3 Å². The Morgan fingerprint density at radius 2 is 1.96 bits per heavy atom. The Balaban J connectivity index is 1.83. The highest BCUT2D eigenvalue weighted by molar-refractivity contribution is 5.83. The summed E-state index contributed by atoms with van der Waals surface area (Å²) in [4.78, 5) is 11.7. The minimum atomic E-state index is -0.391. The second-order valence-corrected chi connectivity index (χ2v) is 5.51. The van der Waals surface area contributed by atoms with Gasteiger partial charge < -0.3 is 4.74 Å². The first-order valence-corrected chi connectivity index (χ1v) is 7.64. The monoisotopic (exact) mass is 321 g/mol. The predicted molar refractivity (Wildman–Crippen MR) is 92.9 cm³/mol. The second-order valence-electron chi connectivity index (χ2n) is 5.51. The Kier molecular flexibility index (Phi) is 6.09. The fourth-order valence-electron chi connectivity index (χ4n) is 2.01. The number of carbonyl (C=O) groups is 1. The number of nitrogens with one attached hydrogen (secondary N) is 1. The molecular weight excluding hydrogens is 302 g/mol. The van der Waals surface area contributed by atoms with Gasteiger partial charge in [0, 0.05) is 0 Å². The summed E-state index contributed by atoms with van der Waals surface area (Å²) in [6.07, 6.45) is 1.57. The zero-order chi connectivity index (χ0) is 17.4. The number of nitriles is 1. The third-order valence-electron chi connectivity index (χ3n) is 3.37. The van der Waals surface area contributed by atoms with E-state index in [-0.39, 0.29) is 6.61 Å². The van der Waals surface area contributed by atoms with Gasteiger partial charge in [-0.2, -0.15) is 10.4 Å². The molecule has 1 amide bonds. The number of para-hydroxylation sites is 1. The fraction of sp³-hybridized carbons (Fsp3) is 0.211. The maximum atomic E-state index is 11.7. The summed E-state index contributed by atoms with van der Waals surface area (Å²) in [6, 6.07) is 16.7. The molecule has 0 fully saturated rings. The summed E-state index contributed by atoms with van der Waals surface area (Å²) >= 11 is 0. The number of benzene rings is 2. The van der Waals surface area contributed by atoms with E-state index in [9.17, 15) is 4.79 Å². The first kappa shape index (κ1) is 17.2. The molecule has 0 atom stereocenters. The molecule has 0 aliphatic heterocycles. The van der Waals surface area contributed by atoms with Gasteiger partial charge in [-0.3, -0.25) is 4.79 Å². The second kappa shape index (κ2) is 8.49. The third-order valence-corrected chi connectivity index (χ3v) is 3.37. The molecule has 0 saturated heterocycles. The van der Waals surface area contributed by atoms with Crippen molar-refractivity contribution in [2.24, 2.45) is 5.10 Å². The van der Waals surface area contributed by atoms with Crippen LogP contribution in [-0.2, 0) is 4.79 Å². The van der Waals surface area contributed by atoms with Crippen LogP contribution in [0.4, 0.5) is 0 Å². The average Bonchev–Trinajstić information content (AvgIpc) is 2.60. The zero-order valence-corrected chi connectivity index (χ0v) is 13.7. The quantitative estimate of drug-likeness (QED) is 0.656. The minimum absolute atomic E-state index is 0.206. The molecule has 0 saturated carbocycles. The van der Waals surface area contributed by atoms with Crippen LogP contribution in [0.15, 0.2) is 53.6 Å². The maximum Gasteiger partial charge on any atom is 0.277 e. The van der Waals surface area contributed by atoms with Gasteiger partial charge in [-0.1, -0.05) is 50.2 Å². The van der Waals surface area contributed by atoms with E-state index in [4.69, 9.17) is 10.00 Å². The molecule has 2 aromatic rings. The van der Waals surface area contributed by atoms with E-state index in [1.54, 1.807) is 30.5 Å². The van der Waals surface area contributed by atoms with Crippen molar-refractivity contribution in [3.8, 4) is 11.8 Å². The Morgan fingerprint density at radius 1 is 1.25 bits per heavy atom. The fourth-order valence-corrected chi connectivity index (χ4v) is 2.01. The molecule has 24 heavy (non-hydrogen) atoms. The van der Waals surface area contributed by atoms with Crippen LogP contribution in [0.25, 0.3) is 0 Å². The van der Waals surface area contributed by atoms with Gasteiger partial charge in [-0.15, -0.1) is 0 Å². The molecule has 0 aliphatic carbocycles. The molecule has 0 bridgehead atoms. The number of hydrogen-bond acceptors (Lipinski definition) is 4. The average molecular weight is 321 g/mol. The first-order chi connectivity index (χ1) is 11.6. The number of rotatable bonds is 6. The summed E-state index contributed by atoms with van der Waals surface area (Å²) in [5.74, 6) is 0.463. The summed E-state index contributed by atoms with van der Waals surface area (Å²) in [7, 11) is 0. The Hall–Kier alpha value is -3.13. The minimum Gasteiger partial charge on any atom is -0.482 e. The van der Waals surface area contributed by atoms with E-state index in [1.165, 1.54) is 5.56 Å². The maximum absolute atomic E-state index is 11.7. The van der Waals surface area contributed by atoms with Crippen LogP contribution in [0.5, 0.6) is 5.75 Å².